The van der Waals surface area contributed by atoms with Crippen molar-refractivity contribution in [3.8, 4) is 11.1 Å². The van der Waals surface area contributed by atoms with Gasteiger partial charge in [0.2, 0.25) is 23.6 Å². The molecule has 16 heteroatoms. The van der Waals surface area contributed by atoms with Crippen LogP contribution in [0.5, 0.6) is 0 Å². The highest BCUT2D eigenvalue weighted by Gasteiger charge is 2.67. The lowest BCUT2D eigenvalue weighted by atomic mass is 9.98. The number of rotatable bonds is 5. The van der Waals surface area contributed by atoms with Crippen LogP contribution in [0.15, 0.2) is 59.5 Å². The van der Waals surface area contributed by atoms with E-state index in [4.69, 9.17) is 4.74 Å². The molecular weight excluding hydrogens is 746 g/mol. The Balaban J connectivity index is 1.20. The summed E-state index contributed by atoms with van der Waals surface area (Å²) >= 11 is 3.39. The van der Waals surface area contributed by atoms with Crippen molar-refractivity contribution in [3.05, 3.63) is 76.6 Å². The second kappa shape index (κ2) is 14.6. The van der Waals surface area contributed by atoms with Gasteiger partial charge in [0.1, 0.15) is 40.6 Å². The highest BCUT2D eigenvalue weighted by atomic mass is 79.9. The van der Waals surface area contributed by atoms with Crippen LogP contribution in [-0.2, 0) is 37.1 Å². The SMILES string of the molecule is CC(=O)NC1C/C=C/COCc2ccc(Br)nc2NC(=O)[C@@H]2C[C@@]3(CNC1=O)C[C@H]3N2C(=O)Cn1nc(C(C)=O)c2cc(-c3cnc(C)nc3)ccc21. The van der Waals surface area contributed by atoms with Crippen molar-refractivity contribution in [1.82, 2.24) is 40.3 Å². The van der Waals surface area contributed by atoms with E-state index in [1.54, 1.807) is 54.6 Å². The van der Waals surface area contributed by atoms with Gasteiger partial charge in [0, 0.05) is 60.8 Å². The Labute approximate surface area is 313 Å². The number of carbonyl (C=O) groups excluding carboxylic acids is 5. The standard InChI is InChI=1S/C37H38BrN9O6/c1-20(48)33-26-12-23(25-15-39-21(2)40-16-25)7-9-28(26)46(45-33)17-32(50)47-29-13-37(14-30(37)47)19-41-35(51)27(42-22(3)49)6-4-5-11-53-18-24-8-10-31(38)43-34(24)44-36(29)52/h4-5,7-10,12,15-16,27,29-30H,6,11,13-14,17-19H2,1-3H3,(H,41,51)(H,42,49)(H,43,44,52)/b5-4+/t27?,29-,30+,37-/m0/s1. The van der Waals surface area contributed by atoms with Gasteiger partial charge in [-0.3, -0.25) is 28.7 Å². The number of aromatic nitrogens is 5. The van der Waals surface area contributed by atoms with Crippen LogP contribution in [0.2, 0.25) is 0 Å². The number of pyridine rings is 1. The Morgan fingerprint density at radius 3 is 2.58 bits per heavy atom. The van der Waals surface area contributed by atoms with Crippen molar-refractivity contribution in [2.24, 2.45) is 5.41 Å². The maximum absolute atomic E-state index is 14.4. The Bertz CT molecular complexity index is 2170. The van der Waals surface area contributed by atoms with Crippen LogP contribution in [0.3, 0.4) is 0 Å². The zero-order valence-electron chi connectivity index (χ0n) is 29.4. The first-order chi connectivity index (χ1) is 25.4. The van der Waals surface area contributed by atoms with E-state index in [0.29, 0.717) is 45.6 Å². The number of anilines is 1. The molecular formula is C37H38BrN9O6. The van der Waals surface area contributed by atoms with E-state index in [2.05, 4.69) is 51.9 Å². The summed E-state index contributed by atoms with van der Waals surface area (Å²) in [6.45, 7) is 4.91. The maximum atomic E-state index is 14.4. The molecule has 4 atom stereocenters. The number of halogens is 1. The number of nitrogens with one attached hydrogen (secondary N) is 3. The van der Waals surface area contributed by atoms with E-state index in [1.807, 2.05) is 12.1 Å². The van der Waals surface area contributed by atoms with Gasteiger partial charge in [-0.2, -0.15) is 5.10 Å². The van der Waals surface area contributed by atoms with Crippen molar-refractivity contribution in [2.45, 2.75) is 71.3 Å². The fourth-order valence-corrected chi connectivity index (χ4v) is 7.56. The summed E-state index contributed by atoms with van der Waals surface area (Å²) in [5, 5.41) is 13.8. The quantitative estimate of drug-likeness (QED) is 0.154. The molecule has 1 aromatic carbocycles. The number of hydrogen-bond acceptors (Lipinski definition) is 10. The van der Waals surface area contributed by atoms with Crippen LogP contribution in [0.1, 0.15) is 55.0 Å². The Morgan fingerprint density at radius 1 is 1.04 bits per heavy atom. The zero-order chi connectivity index (χ0) is 37.4. The molecule has 5 heterocycles. The fourth-order valence-electron chi connectivity index (χ4n) is 7.25. The smallest absolute Gasteiger partial charge is 0.248 e. The number of amides is 4. The van der Waals surface area contributed by atoms with Gasteiger partial charge in [0.25, 0.3) is 0 Å². The van der Waals surface area contributed by atoms with Crippen LogP contribution in [-0.4, -0.2) is 90.3 Å². The highest BCUT2D eigenvalue weighted by molar-refractivity contribution is 9.10. The molecule has 1 spiro atoms. The van der Waals surface area contributed by atoms with E-state index >= 15 is 0 Å². The van der Waals surface area contributed by atoms with Crippen molar-refractivity contribution in [1.29, 1.82) is 0 Å². The van der Waals surface area contributed by atoms with Crippen LogP contribution >= 0.6 is 15.9 Å². The second-order valence-electron chi connectivity index (χ2n) is 13.7. The third kappa shape index (κ3) is 7.46. The van der Waals surface area contributed by atoms with E-state index in [1.165, 1.54) is 18.5 Å². The largest absolute Gasteiger partial charge is 0.373 e. The summed E-state index contributed by atoms with van der Waals surface area (Å²) in [6.07, 6.45) is 8.08. The summed E-state index contributed by atoms with van der Waals surface area (Å²) in [7, 11) is 0. The predicted molar refractivity (Wildman–Crippen MR) is 196 cm³/mol. The molecule has 2 aliphatic heterocycles. The first kappa shape index (κ1) is 36.0. The van der Waals surface area contributed by atoms with Gasteiger partial charge in [-0.1, -0.05) is 24.3 Å². The average Bonchev–Trinajstić information content (AvgIpc) is 3.54. The lowest BCUT2D eigenvalue weighted by Crippen LogP contribution is -2.47. The topological polar surface area (TPSA) is 190 Å². The zero-order valence-corrected chi connectivity index (χ0v) is 31.0. The molecule has 4 aromatic rings. The van der Waals surface area contributed by atoms with Gasteiger partial charge in [-0.15, -0.1) is 0 Å². The molecule has 1 aliphatic carbocycles. The summed E-state index contributed by atoms with van der Waals surface area (Å²) in [5.74, 6) is -0.817. The van der Waals surface area contributed by atoms with Gasteiger partial charge < -0.3 is 25.6 Å². The normalized spacial score (nSPS) is 23.6. The Kier molecular flexibility index (Phi) is 9.91. The number of piperidine rings is 1. The number of ketones is 1. The molecule has 4 amide bonds. The summed E-state index contributed by atoms with van der Waals surface area (Å²) in [5.41, 5.74) is 2.44. The Hall–Kier alpha value is -5.35. The number of carbonyl (C=O) groups is 5. The molecule has 2 bridgehead atoms. The number of nitrogens with zero attached hydrogens (tertiary/aromatic N) is 6. The number of aryl methyl sites for hydroxylation is 1. The molecule has 2 fully saturated rings. The number of likely N-dealkylation sites (tertiary alicyclic amines) is 1. The molecule has 1 unspecified atom stereocenters. The van der Waals surface area contributed by atoms with E-state index < -0.39 is 23.4 Å². The third-order valence-electron chi connectivity index (χ3n) is 10.00. The number of fused-ring (bicyclic) bond motifs is 3. The van der Waals surface area contributed by atoms with Crippen molar-refractivity contribution in [3.63, 3.8) is 0 Å². The average molecular weight is 785 g/mol. The third-order valence-corrected chi connectivity index (χ3v) is 10.4. The molecule has 3 aliphatic rings. The summed E-state index contributed by atoms with van der Waals surface area (Å²) in [4.78, 5) is 81.2. The van der Waals surface area contributed by atoms with Crippen LogP contribution < -0.4 is 16.0 Å². The molecule has 1 saturated carbocycles. The molecule has 53 heavy (non-hydrogen) atoms. The van der Waals surface area contributed by atoms with Crippen molar-refractivity contribution < 1.29 is 28.7 Å². The molecule has 274 valence electrons. The minimum Gasteiger partial charge on any atom is -0.373 e. The van der Waals surface area contributed by atoms with Gasteiger partial charge in [0.15, 0.2) is 5.78 Å². The molecule has 3 N–H and O–H groups in total. The van der Waals surface area contributed by atoms with Crippen molar-refractivity contribution >= 4 is 62.1 Å². The number of benzene rings is 1. The van der Waals surface area contributed by atoms with E-state index in [9.17, 15) is 24.0 Å². The minimum absolute atomic E-state index is 0.138. The van der Waals surface area contributed by atoms with Gasteiger partial charge in [0.05, 0.1) is 18.7 Å². The van der Waals surface area contributed by atoms with Crippen LogP contribution in [0.4, 0.5) is 5.82 Å². The lowest BCUT2D eigenvalue weighted by Gasteiger charge is -2.27. The second-order valence-corrected chi connectivity index (χ2v) is 14.6. The van der Waals surface area contributed by atoms with E-state index in [-0.39, 0.29) is 68.0 Å². The maximum Gasteiger partial charge on any atom is 0.248 e. The molecule has 15 nitrogen and oxygen atoms in total. The molecule has 3 aromatic heterocycles. The highest BCUT2D eigenvalue weighted by Crippen LogP contribution is 2.59. The molecule has 1 saturated heterocycles. The lowest BCUT2D eigenvalue weighted by molar-refractivity contribution is -0.138. The van der Waals surface area contributed by atoms with Crippen LogP contribution in [0.25, 0.3) is 22.0 Å². The number of hydrogen-bond donors (Lipinski definition) is 3. The minimum atomic E-state index is -0.890. The molecule has 0 radical (unpaired) electrons. The monoisotopic (exact) mass is 783 g/mol. The summed E-state index contributed by atoms with van der Waals surface area (Å²) < 4.78 is 7.83. The number of ether oxygens (including phenoxy) is 1. The van der Waals surface area contributed by atoms with E-state index in [0.717, 1.165) is 11.1 Å². The van der Waals surface area contributed by atoms with Gasteiger partial charge in [-0.25, -0.2) is 15.0 Å². The molecule has 7 rings (SSSR count). The summed E-state index contributed by atoms with van der Waals surface area (Å²) in [6, 6.07) is 7.00. The van der Waals surface area contributed by atoms with Crippen molar-refractivity contribution in [2.75, 3.05) is 18.5 Å². The van der Waals surface area contributed by atoms with Gasteiger partial charge in [-0.05, 0) is 65.9 Å². The fraction of sp³-hybridized carbons (Fsp3) is 0.378. The Morgan fingerprint density at radius 2 is 1.83 bits per heavy atom. The predicted octanol–water partition coefficient (Wildman–Crippen LogP) is 3.26. The number of Topliss-reactive ketones (excluding diaryl/α,β-unsaturated/α-hetero) is 1. The van der Waals surface area contributed by atoms with Gasteiger partial charge >= 0.3 is 0 Å². The van der Waals surface area contributed by atoms with Crippen LogP contribution in [0, 0.1) is 12.3 Å². The first-order valence-corrected chi connectivity index (χ1v) is 18.1. The first-order valence-electron chi connectivity index (χ1n) is 17.3.